The molecule has 74 heavy (non-hydrogen) atoms. The largest absolute Gasteiger partial charge is 0.492 e. The second-order valence-electron chi connectivity index (χ2n) is 19.7. The van der Waals surface area contributed by atoms with Gasteiger partial charge in [-0.2, -0.15) is 0 Å². The number of aliphatic imine (C=N–C) groups is 1. The second kappa shape index (κ2) is 23.6. The number of ether oxygens (including phenoxy) is 3. The number of hydrogen-bond donors (Lipinski definition) is 7. The maximum absolute atomic E-state index is 14.5. The SMILES string of the molecule is CC.COc1c(F)cccc1Nc1c(C2C=CN=CC2C)[nH]c2c1C(=O)NCC2CCCN1CCC(O)C1.COc1c(F)cccc1Nc1c2[nH]c3c1C(=O)NCC3CCCN1CCCC(C1)Oc1cnccc1-2. The lowest BCUT2D eigenvalue weighted by Gasteiger charge is -2.33. The highest BCUT2D eigenvalue weighted by Crippen LogP contribution is 2.46. The van der Waals surface area contributed by atoms with Crippen molar-refractivity contribution < 1.29 is 37.7 Å². The van der Waals surface area contributed by atoms with Gasteiger partial charge in [0.15, 0.2) is 23.1 Å². The Hall–Kier alpha value is -6.76. The molecule has 5 aromatic rings. The highest BCUT2D eigenvalue weighted by molar-refractivity contribution is 6.07. The van der Waals surface area contributed by atoms with Crippen LogP contribution in [0.1, 0.15) is 121 Å². The average Bonchev–Trinajstić information content (AvgIpc) is 4.13. The van der Waals surface area contributed by atoms with E-state index in [2.05, 4.69) is 57.9 Å². The first-order valence-electron chi connectivity index (χ1n) is 26.3. The van der Waals surface area contributed by atoms with Gasteiger partial charge < -0.3 is 55.5 Å². The van der Waals surface area contributed by atoms with Crippen LogP contribution >= 0.6 is 0 Å². The Morgan fingerprint density at radius 1 is 0.824 bits per heavy atom. The van der Waals surface area contributed by atoms with Crippen molar-refractivity contribution in [3.63, 3.8) is 0 Å². The van der Waals surface area contributed by atoms with Gasteiger partial charge in [-0.25, -0.2) is 8.78 Å². The van der Waals surface area contributed by atoms with Gasteiger partial charge in [-0.15, -0.1) is 0 Å². The van der Waals surface area contributed by atoms with Crippen molar-refractivity contribution in [1.29, 1.82) is 0 Å². The number of anilines is 4. The average molecular weight is 1020 g/mol. The number of halogens is 2. The molecule has 7 atom stereocenters. The number of carbonyl (C=O) groups excluding carboxylic acids is 2. The number of methoxy groups -OCH3 is 2. The number of benzene rings is 2. The van der Waals surface area contributed by atoms with Gasteiger partial charge in [0.25, 0.3) is 11.8 Å². The fourth-order valence-corrected chi connectivity index (χ4v) is 11.3. The molecule has 6 aliphatic rings. The van der Waals surface area contributed by atoms with Gasteiger partial charge in [0.2, 0.25) is 0 Å². The van der Waals surface area contributed by atoms with Crippen LogP contribution in [0, 0.1) is 17.6 Å². The minimum absolute atomic E-state index is 0.0188. The van der Waals surface area contributed by atoms with Crippen LogP contribution < -0.4 is 35.5 Å². The van der Waals surface area contributed by atoms with Crippen LogP contribution in [0.5, 0.6) is 17.2 Å². The molecule has 4 bridgehead atoms. The number of aliphatic hydroxyl groups excluding tert-OH is 1. The number of rotatable bonds is 11. The van der Waals surface area contributed by atoms with E-state index in [9.17, 15) is 23.5 Å². The van der Waals surface area contributed by atoms with E-state index in [1.54, 1.807) is 42.9 Å². The van der Waals surface area contributed by atoms with Crippen molar-refractivity contribution in [1.82, 2.24) is 35.4 Å². The predicted molar refractivity (Wildman–Crippen MR) is 284 cm³/mol. The number of allylic oxidation sites excluding steroid dienone is 1. The Kier molecular flexibility index (Phi) is 16.6. The predicted octanol–water partition coefficient (Wildman–Crippen LogP) is 9.36. The summed E-state index contributed by atoms with van der Waals surface area (Å²) in [5.74, 6) is -0.0256. The number of pyridine rings is 1. The summed E-state index contributed by atoms with van der Waals surface area (Å²) in [4.78, 5) is 47.0. The van der Waals surface area contributed by atoms with E-state index in [-0.39, 0.29) is 59.2 Å². The fourth-order valence-electron chi connectivity index (χ4n) is 11.3. The van der Waals surface area contributed by atoms with E-state index in [4.69, 9.17) is 14.2 Å². The quantitative estimate of drug-likeness (QED) is 0.0667. The highest BCUT2D eigenvalue weighted by Gasteiger charge is 2.37. The van der Waals surface area contributed by atoms with E-state index in [0.717, 1.165) is 113 Å². The standard InChI is InChI=1S/C27H30FN5O3.C27H34FN5O3.C2H6/c1-35-26-19(28)7-2-8-20(26)31-25-22-23-16(13-30-27(22)34)5-3-11-33-12-4-6-17(15-33)36-21-14-29-10-9-18(21)24(25)32-23;1-16-13-29-10-8-19(16)24-25(31-21-7-3-6-20(28)26(21)36-2)22-23(32-24)17(14-30-27(22)35)5-4-11-33-12-9-18(34)15-33;1-2/h2,7-10,14,16-17,31-32H,3-6,11-13,15H2,1H3,(H,30,34);3,6-8,10,13,16-19,31-32,34H,4-5,9,11-12,14-15H2,1-2H3,(H,30,35);1-2H3. The third-order valence-electron chi connectivity index (χ3n) is 14.9. The molecule has 7 N–H and O–H groups in total. The molecule has 0 spiro atoms. The lowest BCUT2D eigenvalue weighted by atomic mass is 9.88. The lowest BCUT2D eigenvalue weighted by Crippen LogP contribution is -2.42. The number of fused-ring (bicyclic) bond motifs is 6. The summed E-state index contributed by atoms with van der Waals surface area (Å²) >= 11 is 0. The van der Waals surface area contributed by atoms with Gasteiger partial charge in [0.05, 0.1) is 66.1 Å². The molecule has 2 aromatic carbocycles. The highest BCUT2D eigenvalue weighted by atomic mass is 19.1. The molecule has 2 saturated heterocycles. The molecule has 2 amide bonds. The minimum Gasteiger partial charge on any atom is -0.492 e. The zero-order chi connectivity index (χ0) is 51.9. The number of aromatic nitrogens is 3. The molecule has 0 radical (unpaired) electrons. The van der Waals surface area contributed by atoms with Crippen LogP contribution in [-0.4, -0.2) is 127 Å². The van der Waals surface area contributed by atoms with Crippen molar-refractivity contribution in [2.75, 3.05) is 77.2 Å². The van der Waals surface area contributed by atoms with Crippen LogP contribution in [0.2, 0.25) is 0 Å². The molecule has 9 heterocycles. The summed E-state index contributed by atoms with van der Waals surface area (Å²) < 4.78 is 46.2. The third kappa shape index (κ3) is 11.0. The number of aliphatic hydroxyl groups is 1. The van der Waals surface area contributed by atoms with Gasteiger partial charge >= 0.3 is 0 Å². The summed E-state index contributed by atoms with van der Waals surface area (Å²) in [5, 5.41) is 22.6. The van der Waals surface area contributed by atoms with Gasteiger partial charge in [-0.05, 0) is 94.9 Å². The van der Waals surface area contributed by atoms with E-state index in [0.29, 0.717) is 52.7 Å². The lowest BCUT2D eigenvalue weighted by molar-refractivity contribution is 0.0867. The van der Waals surface area contributed by atoms with Crippen molar-refractivity contribution >= 4 is 40.8 Å². The second-order valence-corrected chi connectivity index (χ2v) is 19.7. The van der Waals surface area contributed by atoms with Crippen LogP contribution in [0.25, 0.3) is 11.3 Å². The summed E-state index contributed by atoms with van der Waals surface area (Å²) in [6.07, 6.45) is 15.8. The summed E-state index contributed by atoms with van der Waals surface area (Å²) in [6.45, 7) is 12.8. The zero-order valence-electron chi connectivity index (χ0n) is 43.0. The maximum Gasteiger partial charge on any atom is 0.255 e. The molecule has 3 aromatic heterocycles. The Labute approximate surface area is 431 Å². The molecule has 11 rings (SSSR count). The molecular weight excluding hydrogens is 947 g/mol. The molecule has 0 aliphatic carbocycles. The van der Waals surface area contributed by atoms with Gasteiger partial charge in [-0.1, -0.05) is 39.0 Å². The van der Waals surface area contributed by atoms with E-state index >= 15 is 0 Å². The molecule has 2 fully saturated rings. The maximum atomic E-state index is 14.5. The van der Waals surface area contributed by atoms with Crippen LogP contribution in [-0.2, 0) is 0 Å². The molecular formula is C56H70F2N10O6. The number of nitrogens with one attached hydrogen (secondary N) is 6. The van der Waals surface area contributed by atoms with Crippen molar-refractivity contribution in [2.24, 2.45) is 10.9 Å². The number of β-amino-alcohol motifs (C(OH)–C–C–N with tert-alkyl or cyclic N) is 1. The van der Waals surface area contributed by atoms with Crippen molar-refractivity contribution in [2.45, 2.75) is 95.7 Å². The first-order valence-corrected chi connectivity index (χ1v) is 26.3. The van der Waals surface area contributed by atoms with Crippen molar-refractivity contribution in [3.8, 4) is 28.5 Å². The van der Waals surface area contributed by atoms with Crippen LogP contribution in [0.15, 0.2) is 72.1 Å². The molecule has 0 saturated carbocycles. The zero-order valence-corrected chi connectivity index (χ0v) is 43.0. The molecule has 7 unspecified atom stereocenters. The van der Waals surface area contributed by atoms with E-state index in [1.807, 2.05) is 32.2 Å². The minimum atomic E-state index is -0.479. The summed E-state index contributed by atoms with van der Waals surface area (Å²) in [6, 6.07) is 11.3. The fraction of sp³-hybridized carbons (Fsp3) is 0.464. The number of nitrogens with zero attached hydrogens (tertiary/aromatic N) is 4. The Morgan fingerprint density at radius 3 is 2.20 bits per heavy atom. The number of piperidine rings is 1. The normalized spacial score (nSPS) is 23.8. The molecule has 18 heteroatoms. The number of carbonyl (C=O) groups is 2. The van der Waals surface area contributed by atoms with E-state index in [1.165, 1.54) is 26.4 Å². The first kappa shape index (κ1) is 52.1. The smallest absolute Gasteiger partial charge is 0.255 e. The Morgan fingerprint density at radius 2 is 1.51 bits per heavy atom. The van der Waals surface area contributed by atoms with Crippen molar-refractivity contribution in [3.05, 3.63) is 107 Å². The van der Waals surface area contributed by atoms with Gasteiger partial charge in [0.1, 0.15) is 11.9 Å². The number of likely N-dealkylation sites (tertiary alicyclic amines) is 1. The number of amides is 2. The number of aromatic amines is 2. The van der Waals surface area contributed by atoms with E-state index < -0.39 is 11.6 Å². The number of H-pyrrole nitrogens is 2. The Balaban J connectivity index is 0.000000176. The molecule has 394 valence electrons. The Bertz CT molecular complexity index is 2850. The molecule has 16 nitrogen and oxygen atoms in total. The number of hydrogen-bond acceptors (Lipinski definition) is 12. The van der Waals surface area contributed by atoms with Gasteiger partial charge in [-0.3, -0.25) is 24.5 Å². The number of para-hydroxylation sites is 2. The van der Waals surface area contributed by atoms with Gasteiger partial charge in [0, 0.05) is 97.7 Å². The monoisotopic (exact) mass is 1020 g/mol. The molecule has 6 aliphatic heterocycles. The first-order chi connectivity index (χ1) is 36.1. The summed E-state index contributed by atoms with van der Waals surface area (Å²) in [5.41, 5.74) is 7.47. The summed E-state index contributed by atoms with van der Waals surface area (Å²) in [7, 11) is 2.86. The van der Waals surface area contributed by atoms with Crippen LogP contribution in [0.3, 0.4) is 0 Å². The topological polar surface area (TPSA) is 193 Å². The van der Waals surface area contributed by atoms with Crippen LogP contribution in [0.4, 0.5) is 31.5 Å². The third-order valence-corrected chi connectivity index (χ3v) is 14.9.